The first-order valence-corrected chi connectivity index (χ1v) is 7.93. The molecule has 23 heavy (non-hydrogen) atoms. The average Bonchev–Trinajstić information content (AvgIpc) is 2.93. The molecule has 2 heterocycles. The molecule has 1 saturated heterocycles. The molecule has 0 aliphatic carbocycles. The van der Waals surface area contributed by atoms with E-state index in [9.17, 15) is 9.59 Å². The summed E-state index contributed by atoms with van der Waals surface area (Å²) in [4.78, 5) is 36.0. The molecule has 0 aromatic carbocycles. The van der Waals surface area contributed by atoms with Gasteiger partial charge in [0, 0.05) is 18.7 Å². The summed E-state index contributed by atoms with van der Waals surface area (Å²) in [6, 6.07) is 1.90. The van der Waals surface area contributed by atoms with E-state index in [1.54, 1.807) is 0 Å². The molecular formula is C16H25N5O2. The molecular weight excluding hydrogens is 294 g/mol. The highest BCUT2D eigenvalue weighted by atomic mass is 16.2. The quantitative estimate of drug-likeness (QED) is 0.821. The van der Waals surface area contributed by atoms with E-state index in [1.165, 1.54) is 0 Å². The Balaban J connectivity index is 2.18. The van der Waals surface area contributed by atoms with E-state index in [4.69, 9.17) is 5.73 Å². The topological polar surface area (TPSA) is 92.4 Å². The predicted octanol–water partition coefficient (Wildman–Crippen LogP) is 0.428. The second kappa shape index (κ2) is 7.50. The first-order chi connectivity index (χ1) is 10.9. The number of amides is 2. The van der Waals surface area contributed by atoms with Crippen LogP contribution in [-0.4, -0.2) is 58.8 Å². The van der Waals surface area contributed by atoms with Crippen LogP contribution in [0.1, 0.15) is 42.5 Å². The van der Waals surface area contributed by atoms with Crippen LogP contribution in [-0.2, 0) is 16.0 Å². The average molecular weight is 319 g/mol. The second-order valence-corrected chi connectivity index (χ2v) is 6.28. The number of nitrogens with zero attached hydrogens (tertiary/aromatic N) is 4. The largest absolute Gasteiger partial charge is 0.370 e. The molecule has 0 bridgehead atoms. The smallest absolute Gasteiger partial charge is 0.237 e. The molecule has 1 unspecified atom stereocenters. The van der Waals surface area contributed by atoms with Gasteiger partial charge in [0.05, 0.1) is 18.3 Å². The van der Waals surface area contributed by atoms with Gasteiger partial charge in [-0.15, -0.1) is 0 Å². The van der Waals surface area contributed by atoms with E-state index in [2.05, 4.69) is 9.97 Å². The monoisotopic (exact) mass is 319 g/mol. The number of carbonyl (C=O) groups excluding carboxylic acids is 2. The second-order valence-electron chi connectivity index (χ2n) is 6.28. The summed E-state index contributed by atoms with van der Waals surface area (Å²) < 4.78 is 0. The maximum atomic E-state index is 12.4. The number of nitrogens with two attached hydrogens (primary N) is 1. The molecule has 126 valence electrons. The van der Waals surface area contributed by atoms with Crippen LogP contribution in [0.25, 0.3) is 0 Å². The summed E-state index contributed by atoms with van der Waals surface area (Å²) in [6.07, 6.45) is 2.66. The van der Waals surface area contributed by atoms with Crippen molar-refractivity contribution in [1.29, 1.82) is 0 Å². The van der Waals surface area contributed by atoms with Crippen LogP contribution in [0.4, 0.5) is 0 Å². The number of rotatable bonds is 6. The van der Waals surface area contributed by atoms with Gasteiger partial charge in [-0.3, -0.25) is 9.59 Å². The number of aromatic nitrogens is 2. The van der Waals surface area contributed by atoms with Crippen molar-refractivity contribution in [1.82, 2.24) is 19.8 Å². The first kappa shape index (κ1) is 17.3. The van der Waals surface area contributed by atoms with Crippen molar-refractivity contribution in [2.75, 3.05) is 27.2 Å². The van der Waals surface area contributed by atoms with Gasteiger partial charge >= 0.3 is 0 Å². The standard InChI is InChI=1S/C16H25N5O2/c1-11-18-12(6-7-15(17)22)9-13(19-11)14-5-4-8-21(14)16(23)10-20(2)3/h9,14H,4-8,10H2,1-3H3,(H2,17,22). The number of carbonyl (C=O) groups is 2. The van der Waals surface area contributed by atoms with Crippen LogP contribution < -0.4 is 5.73 Å². The lowest BCUT2D eigenvalue weighted by Gasteiger charge is -2.26. The van der Waals surface area contributed by atoms with Crippen LogP contribution in [0.3, 0.4) is 0 Å². The van der Waals surface area contributed by atoms with Gasteiger partial charge in [0.1, 0.15) is 5.82 Å². The highest BCUT2D eigenvalue weighted by molar-refractivity contribution is 5.79. The van der Waals surface area contributed by atoms with Crippen molar-refractivity contribution in [2.24, 2.45) is 5.73 Å². The molecule has 1 aliphatic rings. The predicted molar refractivity (Wildman–Crippen MR) is 86.5 cm³/mol. The van der Waals surface area contributed by atoms with E-state index in [-0.39, 0.29) is 24.3 Å². The lowest BCUT2D eigenvalue weighted by molar-refractivity contribution is -0.132. The molecule has 2 rings (SSSR count). The SMILES string of the molecule is Cc1nc(CCC(N)=O)cc(C2CCCN2C(=O)CN(C)C)n1. The fraction of sp³-hybridized carbons (Fsp3) is 0.625. The van der Waals surface area contributed by atoms with Crippen LogP contribution >= 0.6 is 0 Å². The summed E-state index contributed by atoms with van der Waals surface area (Å²) in [6.45, 7) is 2.99. The summed E-state index contributed by atoms with van der Waals surface area (Å²) in [5.74, 6) is 0.438. The first-order valence-electron chi connectivity index (χ1n) is 7.93. The Bertz CT molecular complexity index is 588. The Morgan fingerprint density at radius 1 is 1.39 bits per heavy atom. The zero-order valence-corrected chi connectivity index (χ0v) is 14.1. The van der Waals surface area contributed by atoms with Gasteiger partial charge in [0.15, 0.2) is 0 Å². The van der Waals surface area contributed by atoms with Crippen molar-refractivity contribution in [3.63, 3.8) is 0 Å². The van der Waals surface area contributed by atoms with Gasteiger partial charge in [-0.25, -0.2) is 9.97 Å². The Morgan fingerprint density at radius 2 is 2.13 bits per heavy atom. The van der Waals surface area contributed by atoms with E-state index < -0.39 is 0 Å². The van der Waals surface area contributed by atoms with E-state index >= 15 is 0 Å². The molecule has 7 heteroatoms. The Labute approximate surface area is 136 Å². The summed E-state index contributed by atoms with van der Waals surface area (Å²) in [5, 5.41) is 0. The van der Waals surface area contributed by atoms with E-state index in [0.29, 0.717) is 18.8 Å². The molecule has 0 saturated carbocycles. The fourth-order valence-electron chi connectivity index (χ4n) is 2.94. The third kappa shape index (κ3) is 4.72. The van der Waals surface area contributed by atoms with Gasteiger partial charge in [-0.2, -0.15) is 0 Å². The van der Waals surface area contributed by atoms with Gasteiger partial charge in [-0.05, 0) is 46.3 Å². The number of likely N-dealkylation sites (N-methyl/N-ethyl adjacent to an activating group) is 1. The normalized spacial score (nSPS) is 17.7. The summed E-state index contributed by atoms with van der Waals surface area (Å²) in [5.41, 5.74) is 6.87. The third-order valence-electron chi connectivity index (χ3n) is 3.90. The number of hydrogen-bond acceptors (Lipinski definition) is 5. The van der Waals surface area contributed by atoms with Crippen LogP contribution in [0.5, 0.6) is 0 Å². The van der Waals surface area contributed by atoms with Crippen molar-refractivity contribution < 1.29 is 9.59 Å². The maximum absolute atomic E-state index is 12.4. The maximum Gasteiger partial charge on any atom is 0.237 e. The van der Waals surface area contributed by atoms with Gasteiger partial charge in [0.25, 0.3) is 0 Å². The Hall–Kier alpha value is -2.02. The van der Waals surface area contributed by atoms with Crippen LogP contribution in [0.2, 0.25) is 0 Å². The minimum Gasteiger partial charge on any atom is -0.370 e. The Morgan fingerprint density at radius 3 is 2.78 bits per heavy atom. The molecule has 7 nitrogen and oxygen atoms in total. The van der Waals surface area contributed by atoms with Crippen LogP contribution in [0, 0.1) is 6.92 Å². The summed E-state index contributed by atoms with van der Waals surface area (Å²) in [7, 11) is 3.78. The molecule has 2 N–H and O–H groups in total. The highest BCUT2D eigenvalue weighted by Crippen LogP contribution is 2.31. The molecule has 1 aromatic rings. The summed E-state index contributed by atoms with van der Waals surface area (Å²) >= 11 is 0. The molecule has 1 aromatic heterocycles. The van der Waals surface area contributed by atoms with E-state index in [0.717, 1.165) is 30.8 Å². The molecule has 1 aliphatic heterocycles. The molecule has 2 amide bonds. The number of aryl methyl sites for hydroxylation is 2. The van der Waals surface area contributed by atoms with E-state index in [1.807, 2.05) is 36.9 Å². The number of primary amides is 1. The molecule has 1 atom stereocenters. The number of likely N-dealkylation sites (tertiary alicyclic amines) is 1. The van der Waals surface area contributed by atoms with Crippen molar-refractivity contribution in [3.05, 3.63) is 23.3 Å². The highest BCUT2D eigenvalue weighted by Gasteiger charge is 2.31. The Kier molecular flexibility index (Phi) is 5.65. The van der Waals surface area contributed by atoms with Gasteiger partial charge in [-0.1, -0.05) is 0 Å². The van der Waals surface area contributed by atoms with Gasteiger partial charge in [0.2, 0.25) is 11.8 Å². The lowest BCUT2D eigenvalue weighted by atomic mass is 10.1. The minimum absolute atomic E-state index is 0.00326. The molecule has 0 spiro atoms. The zero-order chi connectivity index (χ0) is 17.0. The van der Waals surface area contributed by atoms with Crippen molar-refractivity contribution in [2.45, 2.75) is 38.6 Å². The molecule has 0 radical (unpaired) electrons. The van der Waals surface area contributed by atoms with Crippen LogP contribution in [0.15, 0.2) is 6.07 Å². The van der Waals surface area contributed by atoms with Gasteiger partial charge < -0.3 is 15.5 Å². The number of hydrogen-bond donors (Lipinski definition) is 1. The minimum atomic E-state index is -0.341. The fourth-order valence-corrected chi connectivity index (χ4v) is 2.94. The lowest BCUT2D eigenvalue weighted by Crippen LogP contribution is -2.37. The zero-order valence-electron chi connectivity index (χ0n) is 14.1. The van der Waals surface area contributed by atoms with Crippen molar-refractivity contribution in [3.8, 4) is 0 Å². The third-order valence-corrected chi connectivity index (χ3v) is 3.90. The van der Waals surface area contributed by atoms with Crippen molar-refractivity contribution >= 4 is 11.8 Å². The molecule has 1 fully saturated rings.